The molecule has 0 aromatic heterocycles. The van der Waals surface area contributed by atoms with Crippen molar-refractivity contribution in [1.82, 2.24) is 5.32 Å². The van der Waals surface area contributed by atoms with Gasteiger partial charge in [-0.15, -0.1) is 0 Å². The van der Waals surface area contributed by atoms with Gasteiger partial charge in [0.25, 0.3) is 0 Å². The lowest BCUT2D eigenvalue weighted by Crippen LogP contribution is -2.25. The summed E-state index contributed by atoms with van der Waals surface area (Å²) in [6.45, 7) is 11.4. The van der Waals surface area contributed by atoms with Gasteiger partial charge < -0.3 is 10.1 Å². The van der Waals surface area contributed by atoms with Crippen LogP contribution in [0.25, 0.3) is 0 Å². The van der Waals surface area contributed by atoms with Crippen molar-refractivity contribution in [2.75, 3.05) is 19.7 Å². The van der Waals surface area contributed by atoms with Crippen LogP contribution >= 0.6 is 0 Å². The maximum atomic E-state index is 11.1. The van der Waals surface area contributed by atoms with E-state index in [9.17, 15) is 4.79 Å². The van der Waals surface area contributed by atoms with Gasteiger partial charge in [0, 0.05) is 12.1 Å². The highest BCUT2D eigenvalue weighted by Gasteiger charge is 2.06. The van der Waals surface area contributed by atoms with E-state index in [1.165, 1.54) is 0 Å². The Hall–Kier alpha value is -0.830. The fourth-order valence-corrected chi connectivity index (χ4v) is 0.817. The van der Waals surface area contributed by atoms with Crippen LogP contribution in [0.15, 0.2) is 12.2 Å². The number of ether oxygens (including phenoxy) is 1. The number of hydrogen-bond acceptors (Lipinski definition) is 3. The Bertz CT molecular complexity index is 176. The fourth-order valence-electron chi connectivity index (χ4n) is 0.817. The van der Waals surface area contributed by atoms with Crippen LogP contribution in [0.1, 0.15) is 20.8 Å². The summed E-state index contributed by atoms with van der Waals surface area (Å²) in [6, 6.07) is 0. The van der Waals surface area contributed by atoms with Gasteiger partial charge in [0.1, 0.15) is 0 Å². The quantitative estimate of drug-likeness (QED) is 0.501. The number of carbonyl (C=O) groups excluding carboxylic acids is 1. The fraction of sp³-hybridized carbons (Fsp3) is 0.700. The minimum atomic E-state index is -0.307. The minimum absolute atomic E-state index is 0.307. The molecule has 0 unspecified atom stereocenters. The second kappa shape index (κ2) is 6.66. The van der Waals surface area contributed by atoms with Crippen LogP contribution in [0.3, 0.4) is 0 Å². The zero-order valence-corrected chi connectivity index (χ0v) is 8.72. The van der Waals surface area contributed by atoms with Crippen LogP contribution in [-0.4, -0.2) is 25.7 Å². The third-order valence-corrected chi connectivity index (χ3v) is 1.46. The van der Waals surface area contributed by atoms with E-state index in [4.69, 9.17) is 4.74 Å². The molecular formula is C10H19NO2. The average Bonchev–Trinajstić information content (AvgIpc) is 2.04. The molecule has 0 aliphatic heterocycles. The summed E-state index contributed by atoms with van der Waals surface area (Å²) < 4.78 is 4.78. The van der Waals surface area contributed by atoms with Crippen LogP contribution in [-0.2, 0) is 9.53 Å². The van der Waals surface area contributed by atoms with E-state index in [1.807, 2.05) is 0 Å². The molecule has 0 saturated heterocycles. The van der Waals surface area contributed by atoms with Gasteiger partial charge in [0.05, 0.1) is 6.61 Å². The van der Waals surface area contributed by atoms with Crippen molar-refractivity contribution in [2.45, 2.75) is 20.8 Å². The van der Waals surface area contributed by atoms with E-state index in [2.05, 4.69) is 25.7 Å². The van der Waals surface area contributed by atoms with E-state index >= 15 is 0 Å². The predicted molar refractivity (Wildman–Crippen MR) is 53.5 cm³/mol. The molecule has 0 rings (SSSR count). The standard InChI is InChI=1S/C10H19NO2/c1-5-13-10(12)9(4)7-11-6-8(2)3/h8,11H,4-7H2,1-3H3. The Labute approximate surface area is 80.2 Å². The first kappa shape index (κ1) is 12.2. The number of rotatable bonds is 6. The highest BCUT2D eigenvalue weighted by molar-refractivity contribution is 5.88. The largest absolute Gasteiger partial charge is 0.463 e. The molecule has 0 aliphatic carbocycles. The van der Waals surface area contributed by atoms with Crippen LogP contribution < -0.4 is 5.32 Å². The van der Waals surface area contributed by atoms with Crippen LogP contribution in [0, 0.1) is 5.92 Å². The van der Waals surface area contributed by atoms with E-state index in [0.29, 0.717) is 24.6 Å². The zero-order valence-electron chi connectivity index (χ0n) is 8.72. The van der Waals surface area contributed by atoms with Crippen LogP contribution in [0.5, 0.6) is 0 Å². The molecule has 0 aromatic carbocycles. The van der Waals surface area contributed by atoms with E-state index in [0.717, 1.165) is 6.54 Å². The Morgan fingerprint density at radius 3 is 2.62 bits per heavy atom. The van der Waals surface area contributed by atoms with Gasteiger partial charge in [0.2, 0.25) is 0 Å². The zero-order chi connectivity index (χ0) is 10.3. The first-order valence-electron chi connectivity index (χ1n) is 4.63. The summed E-state index contributed by atoms with van der Waals surface area (Å²) >= 11 is 0. The van der Waals surface area contributed by atoms with Crippen LogP contribution in [0.2, 0.25) is 0 Å². The van der Waals surface area contributed by atoms with Crippen molar-refractivity contribution in [1.29, 1.82) is 0 Å². The molecule has 0 spiro atoms. The third kappa shape index (κ3) is 6.34. The first-order valence-corrected chi connectivity index (χ1v) is 4.63. The van der Waals surface area contributed by atoms with E-state index < -0.39 is 0 Å². The Kier molecular flexibility index (Phi) is 6.24. The van der Waals surface area contributed by atoms with Gasteiger partial charge in [-0.25, -0.2) is 4.79 Å². The van der Waals surface area contributed by atoms with Gasteiger partial charge in [-0.2, -0.15) is 0 Å². The Morgan fingerprint density at radius 1 is 1.54 bits per heavy atom. The average molecular weight is 185 g/mol. The van der Waals surface area contributed by atoms with Gasteiger partial charge in [0.15, 0.2) is 0 Å². The summed E-state index contributed by atoms with van der Waals surface area (Å²) in [5, 5.41) is 3.12. The molecule has 0 aromatic rings. The lowest BCUT2D eigenvalue weighted by atomic mass is 10.2. The molecule has 13 heavy (non-hydrogen) atoms. The molecule has 0 radical (unpaired) electrons. The van der Waals surface area contributed by atoms with E-state index in [-0.39, 0.29) is 5.97 Å². The van der Waals surface area contributed by atoms with Gasteiger partial charge in [-0.3, -0.25) is 0 Å². The lowest BCUT2D eigenvalue weighted by molar-refractivity contribution is -0.138. The summed E-state index contributed by atoms with van der Waals surface area (Å²) in [6.07, 6.45) is 0. The number of hydrogen-bond donors (Lipinski definition) is 1. The van der Waals surface area contributed by atoms with Crippen molar-refractivity contribution in [2.24, 2.45) is 5.92 Å². The SMILES string of the molecule is C=C(CNCC(C)C)C(=O)OCC. The summed E-state index contributed by atoms with van der Waals surface area (Å²) in [5.41, 5.74) is 0.488. The number of carbonyl (C=O) groups is 1. The van der Waals surface area contributed by atoms with Crippen molar-refractivity contribution in [3.63, 3.8) is 0 Å². The molecule has 1 N–H and O–H groups in total. The van der Waals surface area contributed by atoms with Gasteiger partial charge >= 0.3 is 5.97 Å². The second-order valence-corrected chi connectivity index (χ2v) is 3.35. The predicted octanol–water partition coefficient (Wildman–Crippen LogP) is 1.35. The molecule has 0 aliphatic rings. The van der Waals surface area contributed by atoms with Crippen molar-refractivity contribution in [3.8, 4) is 0 Å². The normalized spacial score (nSPS) is 10.2. The number of esters is 1. The summed E-state index contributed by atoms with van der Waals surface area (Å²) in [4.78, 5) is 11.1. The molecular weight excluding hydrogens is 166 g/mol. The highest BCUT2D eigenvalue weighted by atomic mass is 16.5. The van der Waals surface area contributed by atoms with Crippen molar-refractivity contribution in [3.05, 3.63) is 12.2 Å². The Balaban J connectivity index is 3.56. The smallest absolute Gasteiger partial charge is 0.334 e. The van der Waals surface area contributed by atoms with Gasteiger partial charge in [-0.05, 0) is 19.4 Å². The van der Waals surface area contributed by atoms with Crippen molar-refractivity contribution < 1.29 is 9.53 Å². The minimum Gasteiger partial charge on any atom is -0.463 e. The molecule has 0 amide bonds. The first-order chi connectivity index (χ1) is 6.07. The number of nitrogens with one attached hydrogen (secondary N) is 1. The Morgan fingerprint density at radius 2 is 2.15 bits per heavy atom. The molecule has 0 fully saturated rings. The van der Waals surface area contributed by atoms with Crippen LogP contribution in [0.4, 0.5) is 0 Å². The second-order valence-electron chi connectivity index (χ2n) is 3.35. The maximum absolute atomic E-state index is 11.1. The monoisotopic (exact) mass is 185 g/mol. The van der Waals surface area contributed by atoms with Gasteiger partial charge in [-0.1, -0.05) is 20.4 Å². The molecule has 3 nitrogen and oxygen atoms in total. The molecule has 0 saturated carbocycles. The highest BCUT2D eigenvalue weighted by Crippen LogP contribution is 1.94. The lowest BCUT2D eigenvalue weighted by Gasteiger charge is -2.08. The molecule has 0 heterocycles. The molecule has 0 atom stereocenters. The summed E-state index contributed by atoms with van der Waals surface area (Å²) in [5.74, 6) is 0.272. The summed E-state index contributed by atoms with van der Waals surface area (Å²) in [7, 11) is 0. The third-order valence-electron chi connectivity index (χ3n) is 1.46. The molecule has 76 valence electrons. The van der Waals surface area contributed by atoms with E-state index in [1.54, 1.807) is 6.92 Å². The topological polar surface area (TPSA) is 38.3 Å². The molecule has 3 heteroatoms. The van der Waals surface area contributed by atoms with Crippen molar-refractivity contribution >= 4 is 5.97 Å². The molecule has 0 bridgehead atoms. The maximum Gasteiger partial charge on any atom is 0.334 e.